The number of amides is 1. The maximum Gasteiger partial charge on any atom is 0.268 e. The summed E-state index contributed by atoms with van der Waals surface area (Å²) in [5.41, 5.74) is 3.26. The van der Waals surface area contributed by atoms with Crippen LogP contribution in [0.15, 0.2) is 36.0 Å². The van der Waals surface area contributed by atoms with Crippen LogP contribution in [-0.4, -0.2) is 34.9 Å². The number of methoxy groups -OCH3 is 2. The zero-order valence-corrected chi connectivity index (χ0v) is 15.0. The number of thiazole rings is 1. The normalized spacial score (nSPS) is 10.5. The molecule has 8 heteroatoms. The summed E-state index contributed by atoms with van der Waals surface area (Å²) in [5.74, 6) is 1.70. The van der Waals surface area contributed by atoms with Crippen LogP contribution in [0.2, 0.25) is 0 Å². The molecule has 0 radical (unpaired) electrons. The van der Waals surface area contributed by atoms with Crippen LogP contribution in [0.1, 0.15) is 20.9 Å². The van der Waals surface area contributed by atoms with Gasteiger partial charge in [-0.05, 0) is 13.0 Å². The number of nitrogens with zero attached hydrogens (tertiary/aromatic N) is 3. The molecule has 0 saturated heterocycles. The summed E-state index contributed by atoms with van der Waals surface area (Å²) in [4.78, 5) is 17.1. The van der Waals surface area contributed by atoms with Crippen molar-refractivity contribution in [1.82, 2.24) is 14.8 Å². The molecule has 3 aromatic rings. The highest BCUT2D eigenvalue weighted by Gasteiger charge is 2.16. The van der Waals surface area contributed by atoms with Crippen molar-refractivity contribution in [3.63, 3.8) is 0 Å². The Balaban J connectivity index is 1.83. The number of aromatic nitrogens is 3. The maximum absolute atomic E-state index is 12.4. The van der Waals surface area contributed by atoms with Crippen LogP contribution in [-0.2, 0) is 6.54 Å². The number of carbonyl (C=O) groups is 1. The Hall–Kier alpha value is -2.87. The quantitative estimate of drug-likeness (QED) is 0.733. The summed E-state index contributed by atoms with van der Waals surface area (Å²) in [6, 6.07) is 7.41. The molecule has 0 aliphatic heterocycles. The van der Waals surface area contributed by atoms with Gasteiger partial charge in [0.2, 0.25) is 0 Å². The number of ether oxygens (including phenoxy) is 2. The molecule has 1 aromatic carbocycles. The highest BCUT2D eigenvalue weighted by molar-refractivity contribution is 7.12. The molecule has 0 bridgehead atoms. The fourth-order valence-corrected chi connectivity index (χ4v) is 3.19. The van der Waals surface area contributed by atoms with E-state index < -0.39 is 0 Å². The lowest BCUT2D eigenvalue weighted by Gasteiger charge is -2.14. The van der Waals surface area contributed by atoms with Crippen LogP contribution in [0.25, 0.3) is 0 Å². The van der Waals surface area contributed by atoms with E-state index in [0.717, 1.165) is 5.56 Å². The van der Waals surface area contributed by atoms with Gasteiger partial charge in [0.05, 0.1) is 38.2 Å². The lowest BCUT2D eigenvalue weighted by molar-refractivity contribution is 0.102. The number of anilines is 1. The van der Waals surface area contributed by atoms with E-state index in [0.29, 0.717) is 34.4 Å². The second-order valence-electron chi connectivity index (χ2n) is 5.25. The van der Waals surface area contributed by atoms with E-state index in [9.17, 15) is 4.79 Å². The zero-order chi connectivity index (χ0) is 17.8. The first-order chi connectivity index (χ1) is 12.1. The monoisotopic (exact) mass is 358 g/mol. The van der Waals surface area contributed by atoms with E-state index in [1.807, 2.05) is 25.1 Å². The van der Waals surface area contributed by atoms with E-state index in [4.69, 9.17) is 9.47 Å². The molecule has 0 aliphatic carbocycles. The molecule has 2 aromatic heterocycles. The van der Waals surface area contributed by atoms with Crippen molar-refractivity contribution < 1.29 is 14.3 Å². The molecule has 0 saturated carbocycles. The Morgan fingerprint density at radius 3 is 2.80 bits per heavy atom. The molecular weight excluding hydrogens is 340 g/mol. The molecule has 3 rings (SSSR count). The second-order valence-corrected chi connectivity index (χ2v) is 6.10. The van der Waals surface area contributed by atoms with Crippen molar-refractivity contribution in [2.24, 2.45) is 0 Å². The van der Waals surface area contributed by atoms with Gasteiger partial charge in [-0.15, -0.1) is 11.3 Å². The third-order valence-corrected chi connectivity index (χ3v) is 4.64. The first-order valence-corrected chi connectivity index (χ1v) is 8.45. The van der Waals surface area contributed by atoms with Gasteiger partial charge in [-0.25, -0.2) is 9.67 Å². The molecule has 1 amide bonds. The second kappa shape index (κ2) is 7.35. The van der Waals surface area contributed by atoms with E-state index >= 15 is 0 Å². The Labute approximate surface area is 149 Å². The van der Waals surface area contributed by atoms with Gasteiger partial charge < -0.3 is 14.8 Å². The van der Waals surface area contributed by atoms with Crippen molar-refractivity contribution in [1.29, 1.82) is 0 Å². The van der Waals surface area contributed by atoms with Crippen molar-refractivity contribution >= 4 is 23.1 Å². The zero-order valence-electron chi connectivity index (χ0n) is 14.1. The van der Waals surface area contributed by atoms with Crippen molar-refractivity contribution in [2.75, 3.05) is 19.5 Å². The van der Waals surface area contributed by atoms with Crippen LogP contribution in [0.3, 0.4) is 0 Å². The van der Waals surface area contributed by atoms with Gasteiger partial charge in [-0.1, -0.05) is 12.1 Å². The molecule has 130 valence electrons. The van der Waals surface area contributed by atoms with E-state index in [2.05, 4.69) is 15.4 Å². The number of nitrogens with one attached hydrogen (secondary N) is 1. The van der Waals surface area contributed by atoms with Crippen molar-refractivity contribution in [2.45, 2.75) is 13.5 Å². The number of rotatable bonds is 6. The van der Waals surface area contributed by atoms with Gasteiger partial charge in [-0.3, -0.25) is 4.79 Å². The summed E-state index contributed by atoms with van der Waals surface area (Å²) < 4.78 is 12.5. The van der Waals surface area contributed by atoms with Gasteiger partial charge in [0.25, 0.3) is 5.91 Å². The molecule has 25 heavy (non-hydrogen) atoms. The summed E-state index contributed by atoms with van der Waals surface area (Å²) in [7, 11) is 3.19. The minimum atomic E-state index is -0.195. The predicted octanol–water partition coefficient (Wildman–Crippen LogP) is 2.97. The van der Waals surface area contributed by atoms with Crippen molar-refractivity contribution in [3.8, 4) is 11.5 Å². The molecule has 7 nitrogen and oxygen atoms in total. The number of carbonyl (C=O) groups excluding carboxylic acids is 1. The Morgan fingerprint density at radius 2 is 2.12 bits per heavy atom. The highest BCUT2D eigenvalue weighted by Crippen LogP contribution is 2.31. The minimum Gasteiger partial charge on any atom is -0.493 e. The number of para-hydroxylation sites is 1. The summed E-state index contributed by atoms with van der Waals surface area (Å²) >= 11 is 1.31. The first kappa shape index (κ1) is 17.0. The third kappa shape index (κ3) is 3.48. The van der Waals surface area contributed by atoms with Crippen LogP contribution in [0, 0.1) is 6.92 Å². The molecule has 0 unspecified atom stereocenters. The average Bonchev–Trinajstić information content (AvgIpc) is 3.23. The number of hydrogen-bond acceptors (Lipinski definition) is 6. The molecule has 0 atom stereocenters. The molecule has 0 aliphatic rings. The van der Waals surface area contributed by atoms with Crippen LogP contribution < -0.4 is 14.8 Å². The van der Waals surface area contributed by atoms with Gasteiger partial charge in [-0.2, -0.15) is 5.10 Å². The minimum absolute atomic E-state index is 0.195. The van der Waals surface area contributed by atoms with Gasteiger partial charge in [0, 0.05) is 11.6 Å². The maximum atomic E-state index is 12.4. The lowest BCUT2D eigenvalue weighted by atomic mass is 10.2. The van der Waals surface area contributed by atoms with E-state index in [1.165, 1.54) is 11.3 Å². The van der Waals surface area contributed by atoms with E-state index in [-0.39, 0.29) is 5.91 Å². The topological polar surface area (TPSA) is 78.3 Å². The third-order valence-electron chi connectivity index (χ3n) is 3.71. The Morgan fingerprint density at radius 1 is 1.28 bits per heavy atom. The van der Waals surface area contributed by atoms with Crippen LogP contribution in [0.4, 0.5) is 5.82 Å². The van der Waals surface area contributed by atoms with E-state index in [1.54, 1.807) is 36.7 Å². The molecule has 0 fully saturated rings. The Kier molecular flexibility index (Phi) is 4.99. The van der Waals surface area contributed by atoms with Gasteiger partial charge in [0.15, 0.2) is 11.5 Å². The predicted molar refractivity (Wildman–Crippen MR) is 95.7 cm³/mol. The first-order valence-electron chi connectivity index (χ1n) is 7.57. The highest BCUT2D eigenvalue weighted by atomic mass is 32.1. The average molecular weight is 358 g/mol. The SMILES string of the molecule is COc1cccc(Cn2nccc2NC(=O)c2scnc2C)c1OC. The molecule has 1 N–H and O–H groups in total. The number of hydrogen-bond donors (Lipinski definition) is 1. The fraction of sp³-hybridized carbons (Fsp3) is 0.235. The van der Waals surface area contributed by atoms with Gasteiger partial charge in [0.1, 0.15) is 10.7 Å². The molecule has 2 heterocycles. The standard InChI is InChI=1S/C17H18N4O3S/c1-11-16(25-10-18-11)17(22)20-14-7-8-19-21(14)9-12-5-4-6-13(23-2)15(12)24-3/h4-8,10H,9H2,1-3H3,(H,20,22). The Bertz CT molecular complexity index is 888. The number of benzene rings is 1. The lowest BCUT2D eigenvalue weighted by Crippen LogP contribution is -2.16. The molecule has 0 spiro atoms. The largest absolute Gasteiger partial charge is 0.493 e. The fourth-order valence-electron chi connectivity index (χ4n) is 2.50. The smallest absolute Gasteiger partial charge is 0.268 e. The van der Waals surface area contributed by atoms with Crippen LogP contribution >= 0.6 is 11.3 Å². The molecular formula is C17H18N4O3S. The summed E-state index contributed by atoms with van der Waals surface area (Å²) in [5, 5.41) is 7.17. The van der Waals surface area contributed by atoms with Crippen LogP contribution in [0.5, 0.6) is 11.5 Å². The number of aryl methyl sites for hydroxylation is 1. The summed E-state index contributed by atoms with van der Waals surface area (Å²) in [6.07, 6.45) is 1.64. The van der Waals surface area contributed by atoms with Gasteiger partial charge >= 0.3 is 0 Å². The van der Waals surface area contributed by atoms with Crippen molar-refractivity contribution in [3.05, 3.63) is 52.1 Å². The summed E-state index contributed by atoms with van der Waals surface area (Å²) in [6.45, 7) is 2.24.